The van der Waals surface area contributed by atoms with Crippen molar-refractivity contribution in [2.75, 3.05) is 26.4 Å². The topological polar surface area (TPSA) is 189 Å². The number of rotatable bonds is 39. The molecular formula is C48H77O12P. The van der Waals surface area contributed by atoms with Gasteiger partial charge < -0.3 is 34.8 Å². The van der Waals surface area contributed by atoms with Crippen LogP contribution in [0.4, 0.5) is 0 Å². The maximum atomic E-state index is 12.6. The van der Waals surface area contributed by atoms with Crippen LogP contribution in [-0.2, 0) is 32.7 Å². The van der Waals surface area contributed by atoms with Crippen LogP contribution in [0.5, 0.6) is 0 Å². The van der Waals surface area contributed by atoms with Crippen LogP contribution < -0.4 is 0 Å². The number of hydrogen-bond acceptors (Lipinski definition) is 11. The molecule has 0 aromatic rings. The van der Waals surface area contributed by atoms with Crippen LogP contribution in [0.25, 0.3) is 0 Å². The van der Waals surface area contributed by atoms with Crippen LogP contribution in [0.15, 0.2) is 109 Å². The number of esters is 2. The normalized spacial score (nSPS) is 15.9. The molecule has 0 spiro atoms. The van der Waals surface area contributed by atoms with Crippen molar-refractivity contribution in [2.24, 2.45) is 0 Å². The van der Waals surface area contributed by atoms with E-state index in [1.807, 2.05) is 12.2 Å². The molecule has 0 aliphatic carbocycles. The van der Waals surface area contributed by atoms with Crippen molar-refractivity contribution in [3.8, 4) is 0 Å². The van der Waals surface area contributed by atoms with E-state index in [2.05, 4.69) is 110 Å². The molecule has 0 radical (unpaired) electrons. The van der Waals surface area contributed by atoms with E-state index in [1.54, 1.807) is 6.08 Å². The number of carbonyl (C=O) groups is 2. The lowest BCUT2D eigenvalue weighted by Crippen LogP contribution is -2.30. The molecule has 0 aromatic carbocycles. The second-order valence-electron chi connectivity index (χ2n) is 14.3. The van der Waals surface area contributed by atoms with Gasteiger partial charge in [0, 0.05) is 12.8 Å². The van der Waals surface area contributed by atoms with Crippen LogP contribution >= 0.6 is 7.82 Å². The minimum atomic E-state index is -4.71. The van der Waals surface area contributed by atoms with Crippen molar-refractivity contribution in [3.05, 3.63) is 109 Å². The molecule has 0 saturated carbocycles. The lowest BCUT2D eigenvalue weighted by Gasteiger charge is -2.20. The third kappa shape index (κ3) is 40.4. The van der Waals surface area contributed by atoms with Crippen molar-refractivity contribution in [1.82, 2.24) is 0 Å². The Hall–Kier alpha value is -3.45. The Morgan fingerprint density at radius 3 is 1.51 bits per heavy atom. The molecule has 0 bridgehead atoms. The van der Waals surface area contributed by atoms with E-state index in [0.717, 1.165) is 70.6 Å². The number of phosphoric ester groups is 1. The number of aliphatic hydroxyl groups excluding tert-OH is 4. The molecule has 5 N–H and O–H groups in total. The van der Waals surface area contributed by atoms with Crippen LogP contribution in [0.2, 0.25) is 0 Å². The number of carbonyl (C=O) groups excluding carboxylic acids is 2. The Bertz CT molecular complexity index is 1410. The van der Waals surface area contributed by atoms with Gasteiger partial charge in [-0.1, -0.05) is 130 Å². The molecular weight excluding hydrogens is 799 g/mol. The van der Waals surface area contributed by atoms with Crippen LogP contribution in [0.1, 0.15) is 129 Å². The second kappa shape index (κ2) is 41.9. The average Bonchev–Trinajstić information content (AvgIpc) is 3.24. The van der Waals surface area contributed by atoms with Gasteiger partial charge >= 0.3 is 19.8 Å². The summed E-state index contributed by atoms with van der Waals surface area (Å²) >= 11 is 0. The lowest BCUT2D eigenvalue weighted by molar-refractivity contribution is -0.161. The van der Waals surface area contributed by atoms with Crippen molar-refractivity contribution in [2.45, 2.75) is 154 Å². The Morgan fingerprint density at radius 2 is 1.00 bits per heavy atom. The summed E-state index contributed by atoms with van der Waals surface area (Å²) in [7, 11) is -4.71. The fourth-order valence-corrected chi connectivity index (χ4v) is 5.95. The highest BCUT2D eigenvalue weighted by atomic mass is 31.2. The average molecular weight is 877 g/mol. The van der Waals surface area contributed by atoms with Crippen molar-refractivity contribution >= 4 is 19.8 Å². The number of aliphatic hydroxyl groups is 4. The van der Waals surface area contributed by atoms with Gasteiger partial charge in [-0.05, 0) is 96.3 Å². The molecule has 0 saturated heterocycles. The Balaban J connectivity index is 4.61. The number of hydrogen-bond donors (Lipinski definition) is 5. The molecule has 0 aliphatic rings. The fourth-order valence-electron chi connectivity index (χ4n) is 5.16. The third-order valence-electron chi connectivity index (χ3n) is 8.62. The predicted octanol–water partition coefficient (Wildman–Crippen LogP) is 9.72. The molecule has 0 aromatic heterocycles. The molecule has 346 valence electrons. The maximum absolute atomic E-state index is 12.6. The Labute approximate surface area is 366 Å². The molecule has 13 heteroatoms. The van der Waals surface area contributed by atoms with Crippen LogP contribution in [-0.4, -0.2) is 88.1 Å². The van der Waals surface area contributed by atoms with Crippen LogP contribution in [0.3, 0.4) is 0 Å². The molecule has 12 nitrogen and oxygen atoms in total. The molecule has 0 rings (SSSR count). The van der Waals surface area contributed by atoms with E-state index in [0.29, 0.717) is 12.8 Å². The van der Waals surface area contributed by atoms with Crippen molar-refractivity contribution in [1.29, 1.82) is 0 Å². The zero-order valence-electron chi connectivity index (χ0n) is 36.8. The number of unbranched alkanes of at least 4 members (excludes halogenated alkanes) is 3. The van der Waals surface area contributed by atoms with Gasteiger partial charge in [0.1, 0.15) is 12.7 Å². The SMILES string of the molecule is CC/C=C\C/C=C\C/C=C\C/C=C\C/C=C\CCCCCC(=O)O[C@H](COC(=O)CCC[C@H](O)[C@@H](O)C/C=C\C/C=C\C/C=C\C/C=C\CC)COP(=O)(O)OC[C@@H](O)CO. The first-order chi connectivity index (χ1) is 29.5. The highest BCUT2D eigenvalue weighted by molar-refractivity contribution is 7.47. The van der Waals surface area contributed by atoms with Gasteiger partial charge in [-0.2, -0.15) is 0 Å². The highest BCUT2D eigenvalue weighted by Crippen LogP contribution is 2.43. The van der Waals surface area contributed by atoms with Crippen LogP contribution in [0, 0.1) is 0 Å². The first kappa shape index (κ1) is 57.5. The van der Waals surface area contributed by atoms with Gasteiger partial charge in [0.15, 0.2) is 6.10 Å². The van der Waals surface area contributed by atoms with Gasteiger partial charge in [0.25, 0.3) is 0 Å². The standard InChI is InChI=1S/C48H77O12P/c1-3-5-7-9-11-13-15-17-18-19-20-21-22-23-25-27-29-31-33-37-48(54)60-44(42-59-61(55,56)58-40-43(50)39-49)41-57-47(53)38-34-36-46(52)45(51)35-32-30-28-26-24-16-14-12-10-8-6-4-2/h5-8,11-14,17-18,20-21,23-26,30,32,43-46,49-52H,3-4,9-10,15-16,19,22,27-29,31,33-42H2,1-2H3,(H,55,56)/b7-5-,8-6-,13-11-,14-12-,18-17-,21-20-,25-23-,26-24-,32-30-/t43-,44+,45-,46-/m0/s1. The molecule has 5 atom stereocenters. The summed E-state index contributed by atoms with van der Waals surface area (Å²) in [6.45, 7) is 1.75. The molecule has 1 unspecified atom stereocenters. The zero-order chi connectivity index (χ0) is 45.1. The first-order valence-corrected chi connectivity index (χ1v) is 23.5. The summed E-state index contributed by atoms with van der Waals surface area (Å²) in [4.78, 5) is 35.1. The summed E-state index contributed by atoms with van der Waals surface area (Å²) in [6, 6.07) is 0. The van der Waals surface area contributed by atoms with E-state index in [9.17, 15) is 34.4 Å². The predicted molar refractivity (Wildman–Crippen MR) is 244 cm³/mol. The number of phosphoric acid groups is 1. The molecule has 0 aliphatic heterocycles. The van der Waals surface area contributed by atoms with Gasteiger partial charge in [-0.15, -0.1) is 0 Å². The zero-order valence-corrected chi connectivity index (χ0v) is 37.7. The molecule has 0 amide bonds. The summed E-state index contributed by atoms with van der Waals surface area (Å²) in [6.07, 6.45) is 45.1. The fraction of sp³-hybridized carbons (Fsp3) is 0.583. The number of ether oxygens (including phenoxy) is 2. The summed E-state index contributed by atoms with van der Waals surface area (Å²) in [5.41, 5.74) is 0. The largest absolute Gasteiger partial charge is 0.472 e. The minimum absolute atomic E-state index is 0.0766. The first-order valence-electron chi connectivity index (χ1n) is 22.0. The van der Waals surface area contributed by atoms with Gasteiger partial charge in [0.2, 0.25) is 0 Å². The monoisotopic (exact) mass is 877 g/mol. The molecule has 0 heterocycles. The van der Waals surface area contributed by atoms with Crippen molar-refractivity contribution in [3.63, 3.8) is 0 Å². The third-order valence-corrected chi connectivity index (χ3v) is 9.57. The minimum Gasteiger partial charge on any atom is -0.462 e. The van der Waals surface area contributed by atoms with Gasteiger partial charge in [0.05, 0.1) is 32.0 Å². The van der Waals surface area contributed by atoms with E-state index < -0.39 is 70.6 Å². The second-order valence-corrected chi connectivity index (χ2v) is 15.7. The Kier molecular flexibility index (Phi) is 39.5. The summed E-state index contributed by atoms with van der Waals surface area (Å²) < 4.78 is 32.5. The maximum Gasteiger partial charge on any atom is 0.472 e. The summed E-state index contributed by atoms with van der Waals surface area (Å²) in [5.74, 6) is -1.26. The van der Waals surface area contributed by atoms with E-state index in [1.165, 1.54) is 0 Å². The van der Waals surface area contributed by atoms with E-state index in [-0.39, 0.29) is 32.1 Å². The van der Waals surface area contributed by atoms with Gasteiger partial charge in [-0.3, -0.25) is 18.6 Å². The van der Waals surface area contributed by atoms with Crippen molar-refractivity contribution < 1.29 is 58.0 Å². The molecule has 61 heavy (non-hydrogen) atoms. The Morgan fingerprint density at radius 1 is 0.541 bits per heavy atom. The lowest BCUT2D eigenvalue weighted by atomic mass is 10.0. The molecule has 0 fully saturated rings. The van der Waals surface area contributed by atoms with E-state index in [4.69, 9.17) is 19.1 Å². The van der Waals surface area contributed by atoms with E-state index >= 15 is 0 Å². The highest BCUT2D eigenvalue weighted by Gasteiger charge is 2.27. The smallest absolute Gasteiger partial charge is 0.462 e. The number of allylic oxidation sites excluding steroid dienone is 17. The van der Waals surface area contributed by atoms with Gasteiger partial charge in [-0.25, -0.2) is 4.57 Å². The summed E-state index contributed by atoms with van der Waals surface area (Å²) in [5, 5.41) is 39.0. The quantitative estimate of drug-likeness (QED) is 0.0170.